The van der Waals surface area contributed by atoms with Gasteiger partial charge in [0, 0.05) is 18.3 Å². The molecule has 1 N–H and O–H groups in total. The number of nitro benzene ring substituents is 1. The number of nitrogens with zero attached hydrogens (tertiary/aromatic N) is 1. The second-order valence-electron chi connectivity index (χ2n) is 4.67. The highest BCUT2D eigenvalue weighted by Crippen LogP contribution is 2.23. The summed E-state index contributed by atoms with van der Waals surface area (Å²) in [6.07, 6.45) is 3.88. The van der Waals surface area contributed by atoms with Gasteiger partial charge in [-0.1, -0.05) is 42.5 Å². The van der Waals surface area contributed by atoms with Gasteiger partial charge in [0.05, 0.1) is 12.0 Å². The van der Waals surface area contributed by atoms with Gasteiger partial charge in [0.2, 0.25) is 0 Å². The predicted molar refractivity (Wildman–Crippen MR) is 88.4 cm³/mol. The molecule has 0 atom stereocenters. The Hall–Kier alpha value is -3.15. The van der Waals surface area contributed by atoms with Gasteiger partial charge in [0.1, 0.15) is 5.56 Å². The summed E-state index contributed by atoms with van der Waals surface area (Å²) < 4.78 is 4.58. The quantitative estimate of drug-likeness (QED) is 0.501. The third-order valence-corrected chi connectivity index (χ3v) is 3.13. The molecule has 2 aromatic carbocycles. The van der Waals surface area contributed by atoms with Crippen molar-refractivity contribution in [2.45, 2.75) is 0 Å². The lowest BCUT2D eigenvalue weighted by Crippen LogP contribution is -2.07. The fourth-order valence-electron chi connectivity index (χ4n) is 2.01. The number of rotatable bonds is 6. The van der Waals surface area contributed by atoms with Crippen molar-refractivity contribution < 1.29 is 14.5 Å². The van der Waals surface area contributed by atoms with Crippen molar-refractivity contribution in [3.8, 4) is 0 Å². The van der Waals surface area contributed by atoms with Gasteiger partial charge in [-0.15, -0.1) is 0 Å². The molecule has 23 heavy (non-hydrogen) atoms. The van der Waals surface area contributed by atoms with E-state index in [2.05, 4.69) is 10.1 Å². The van der Waals surface area contributed by atoms with Crippen LogP contribution in [0.2, 0.25) is 0 Å². The lowest BCUT2D eigenvalue weighted by Gasteiger charge is -2.06. The van der Waals surface area contributed by atoms with Crippen LogP contribution in [0.4, 0.5) is 11.4 Å². The Morgan fingerprint density at radius 2 is 2.00 bits per heavy atom. The van der Waals surface area contributed by atoms with Gasteiger partial charge in [-0.2, -0.15) is 0 Å². The van der Waals surface area contributed by atoms with E-state index in [0.29, 0.717) is 12.2 Å². The molecule has 0 aliphatic heterocycles. The fraction of sp³-hybridized carbons (Fsp3) is 0.118. The zero-order valence-electron chi connectivity index (χ0n) is 12.6. The van der Waals surface area contributed by atoms with Crippen LogP contribution in [0.15, 0.2) is 54.6 Å². The van der Waals surface area contributed by atoms with Crippen molar-refractivity contribution >= 4 is 23.4 Å². The summed E-state index contributed by atoms with van der Waals surface area (Å²) in [6, 6.07) is 14.1. The number of hydrogen-bond donors (Lipinski definition) is 1. The molecule has 0 saturated carbocycles. The molecule has 0 fully saturated rings. The average molecular weight is 312 g/mol. The molecule has 0 saturated heterocycles. The second-order valence-corrected chi connectivity index (χ2v) is 4.67. The minimum atomic E-state index is -0.736. The SMILES string of the molecule is COC(=O)c1cc(NC/C=C/c2ccccc2)ccc1[N+](=O)[O-]. The summed E-state index contributed by atoms with van der Waals surface area (Å²) >= 11 is 0. The molecule has 0 heterocycles. The Kier molecular flexibility index (Phi) is 5.46. The molecule has 0 unspecified atom stereocenters. The zero-order valence-corrected chi connectivity index (χ0v) is 12.6. The first-order chi connectivity index (χ1) is 11.1. The van der Waals surface area contributed by atoms with E-state index < -0.39 is 10.9 Å². The van der Waals surface area contributed by atoms with Gasteiger partial charge in [-0.3, -0.25) is 10.1 Å². The minimum Gasteiger partial charge on any atom is -0.465 e. The van der Waals surface area contributed by atoms with Crippen LogP contribution in [-0.4, -0.2) is 24.5 Å². The molecule has 2 aromatic rings. The van der Waals surface area contributed by atoms with Gasteiger partial charge >= 0.3 is 5.97 Å². The largest absolute Gasteiger partial charge is 0.465 e. The predicted octanol–water partition coefficient (Wildman–Crippen LogP) is 3.51. The molecule has 6 heteroatoms. The molecule has 0 spiro atoms. The van der Waals surface area contributed by atoms with Crippen molar-refractivity contribution in [3.05, 3.63) is 75.8 Å². The van der Waals surface area contributed by atoms with E-state index in [0.717, 1.165) is 5.56 Å². The van der Waals surface area contributed by atoms with E-state index in [1.165, 1.54) is 19.2 Å². The van der Waals surface area contributed by atoms with Crippen molar-refractivity contribution in [2.24, 2.45) is 0 Å². The molecular weight excluding hydrogens is 296 g/mol. The van der Waals surface area contributed by atoms with Gasteiger partial charge in [0.25, 0.3) is 5.69 Å². The Balaban J connectivity index is 2.07. The topological polar surface area (TPSA) is 81.5 Å². The van der Waals surface area contributed by atoms with Crippen LogP contribution in [0.25, 0.3) is 6.08 Å². The number of carbonyl (C=O) groups is 1. The molecule has 6 nitrogen and oxygen atoms in total. The third kappa shape index (κ3) is 4.41. The van der Waals surface area contributed by atoms with E-state index >= 15 is 0 Å². The molecular formula is C17H16N2O4. The Bertz CT molecular complexity index is 727. The fourth-order valence-corrected chi connectivity index (χ4v) is 2.01. The van der Waals surface area contributed by atoms with E-state index in [-0.39, 0.29) is 11.3 Å². The van der Waals surface area contributed by atoms with Crippen molar-refractivity contribution in [3.63, 3.8) is 0 Å². The zero-order chi connectivity index (χ0) is 16.7. The smallest absolute Gasteiger partial charge is 0.344 e. The highest BCUT2D eigenvalue weighted by atomic mass is 16.6. The maximum atomic E-state index is 11.6. The summed E-state index contributed by atoms with van der Waals surface area (Å²) in [5, 5.41) is 14.0. The number of benzene rings is 2. The Labute approximate surface area is 133 Å². The minimum absolute atomic E-state index is 0.0745. The molecule has 0 aliphatic carbocycles. The van der Waals surface area contributed by atoms with Crippen molar-refractivity contribution in [1.29, 1.82) is 0 Å². The number of ether oxygens (including phenoxy) is 1. The average Bonchev–Trinajstić information content (AvgIpc) is 2.58. The summed E-state index contributed by atoms with van der Waals surface area (Å²) in [6.45, 7) is 0.521. The van der Waals surface area contributed by atoms with Gasteiger partial charge in [0.15, 0.2) is 0 Å². The second kappa shape index (κ2) is 7.74. The summed E-state index contributed by atoms with van der Waals surface area (Å²) in [7, 11) is 1.19. The van der Waals surface area contributed by atoms with Gasteiger partial charge < -0.3 is 10.1 Å². The normalized spacial score (nSPS) is 10.5. The van der Waals surface area contributed by atoms with E-state index in [4.69, 9.17) is 0 Å². The first-order valence-corrected chi connectivity index (χ1v) is 6.94. The summed E-state index contributed by atoms with van der Waals surface area (Å²) in [5.74, 6) is -0.736. The molecule has 2 rings (SSSR count). The van der Waals surface area contributed by atoms with Gasteiger partial charge in [-0.05, 0) is 17.7 Å². The maximum Gasteiger partial charge on any atom is 0.344 e. The molecule has 0 bridgehead atoms. The van der Waals surface area contributed by atoms with Crippen LogP contribution < -0.4 is 5.32 Å². The lowest BCUT2D eigenvalue weighted by molar-refractivity contribution is -0.385. The maximum absolute atomic E-state index is 11.6. The highest BCUT2D eigenvalue weighted by molar-refractivity contribution is 5.95. The highest BCUT2D eigenvalue weighted by Gasteiger charge is 2.21. The third-order valence-electron chi connectivity index (χ3n) is 3.13. The number of esters is 1. The molecule has 118 valence electrons. The van der Waals surface area contributed by atoms with Crippen LogP contribution in [0.3, 0.4) is 0 Å². The molecule has 0 radical (unpaired) electrons. The van der Waals surface area contributed by atoms with Crippen LogP contribution in [-0.2, 0) is 4.74 Å². The molecule has 0 aliphatic rings. The van der Waals surface area contributed by atoms with Crippen LogP contribution in [0.5, 0.6) is 0 Å². The van der Waals surface area contributed by atoms with Crippen LogP contribution in [0.1, 0.15) is 15.9 Å². The van der Waals surface area contributed by atoms with E-state index in [9.17, 15) is 14.9 Å². The molecule has 0 amide bonds. The number of hydrogen-bond acceptors (Lipinski definition) is 5. The van der Waals surface area contributed by atoms with Crippen LogP contribution >= 0.6 is 0 Å². The number of carbonyl (C=O) groups excluding carboxylic acids is 1. The van der Waals surface area contributed by atoms with Gasteiger partial charge in [-0.25, -0.2) is 4.79 Å². The molecule has 0 aromatic heterocycles. The Morgan fingerprint density at radius 3 is 2.65 bits per heavy atom. The van der Waals surface area contributed by atoms with Crippen molar-refractivity contribution in [1.82, 2.24) is 0 Å². The standard InChI is InChI=1S/C17H16N2O4/c1-23-17(20)15-12-14(9-10-16(15)19(21)22)18-11-5-8-13-6-3-2-4-7-13/h2-10,12,18H,11H2,1H3/b8-5+. The lowest BCUT2D eigenvalue weighted by atomic mass is 10.1. The van der Waals surface area contributed by atoms with Crippen molar-refractivity contribution in [2.75, 3.05) is 19.0 Å². The number of methoxy groups -OCH3 is 1. The monoisotopic (exact) mass is 312 g/mol. The Morgan fingerprint density at radius 1 is 1.26 bits per heavy atom. The van der Waals surface area contributed by atoms with Crippen LogP contribution in [0, 0.1) is 10.1 Å². The van der Waals surface area contributed by atoms with E-state index in [1.54, 1.807) is 6.07 Å². The number of nitro groups is 1. The number of nitrogens with one attached hydrogen (secondary N) is 1. The first kappa shape index (κ1) is 16.2. The van der Waals surface area contributed by atoms with E-state index in [1.807, 2.05) is 42.5 Å². The number of anilines is 1. The first-order valence-electron chi connectivity index (χ1n) is 6.94. The summed E-state index contributed by atoms with van der Waals surface area (Å²) in [4.78, 5) is 22.0. The summed E-state index contributed by atoms with van der Waals surface area (Å²) in [5.41, 5.74) is 1.33.